The van der Waals surface area contributed by atoms with Crippen LogP contribution in [0.3, 0.4) is 0 Å². The van der Waals surface area contributed by atoms with E-state index in [1.165, 1.54) is 44.2 Å². The number of aromatic nitrogens is 1. The number of benzene rings is 1. The van der Waals surface area contributed by atoms with Gasteiger partial charge in [-0.2, -0.15) is 0 Å². The summed E-state index contributed by atoms with van der Waals surface area (Å²) in [4.78, 5) is 33.6. The molecule has 1 heterocycles. The van der Waals surface area contributed by atoms with E-state index in [0.29, 0.717) is 5.56 Å². The zero-order chi connectivity index (χ0) is 15.7. The zero-order valence-corrected chi connectivity index (χ0v) is 11.4. The smallest absolute Gasteiger partial charge is 0.337 e. The maximum Gasteiger partial charge on any atom is 0.337 e. The van der Waals surface area contributed by atoms with E-state index in [9.17, 15) is 24.8 Å². The van der Waals surface area contributed by atoms with Gasteiger partial charge in [-0.3, -0.25) is 19.5 Å². The van der Waals surface area contributed by atoms with E-state index in [2.05, 4.69) is 0 Å². The van der Waals surface area contributed by atoms with E-state index < -0.39 is 16.5 Å². The van der Waals surface area contributed by atoms with E-state index >= 15 is 0 Å². The standard InChI is InChI=1S/C14H12N2O5/c1-8-6-12(17)15(9(2)13(8)14(18)19)10-4-3-5-11(7-10)16(20)21/h3-7H,1-2H3,(H,18,19). The topological polar surface area (TPSA) is 102 Å². The molecule has 0 aliphatic rings. The molecule has 0 unspecified atom stereocenters. The number of carboxylic acid groups (broad SMARTS) is 1. The first-order valence-corrected chi connectivity index (χ1v) is 6.04. The third-order valence-corrected chi connectivity index (χ3v) is 3.16. The van der Waals surface area contributed by atoms with E-state index in [1.807, 2.05) is 0 Å². The van der Waals surface area contributed by atoms with E-state index in [0.717, 1.165) is 4.57 Å². The molecule has 0 radical (unpaired) electrons. The molecule has 0 fully saturated rings. The summed E-state index contributed by atoms with van der Waals surface area (Å²) >= 11 is 0. The highest BCUT2D eigenvalue weighted by atomic mass is 16.6. The first kappa shape index (κ1) is 14.4. The molecule has 1 aromatic heterocycles. The third-order valence-electron chi connectivity index (χ3n) is 3.16. The van der Waals surface area contributed by atoms with Gasteiger partial charge in [-0.1, -0.05) is 6.07 Å². The number of nitrogens with zero attached hydrogens (tertiary/aromatic N) is 2. The number of aromatic carboxylic acids is 1. The van der Waals surface area contributed by atoms with Gasteiger partial charge in [0, 0.05) is 23.9 Å². The van der Waals surface area contributed by atoms with Crippen molar-refractivity contribution in [3.63, 3.8) is 0 Å². The van der Waals surface area contributed by atoms with E-state index in [1.54, 1.807) is 0 Å². The van der Waals surface area contributed by atoms with Gasteiger partial charge in [0.05, 0.1) is 16.2 Å². The van der Waals surface area contributed by atoms with Crippen LogP contribution in [0.25, 0.3) is 5.69 Å². The molecule has 0 amide bonds. The molecule has 0 saturated carbocycles. The molecule has 0 aliphatic heterocycles. The molecular weight excluding hydrogens is 276 g/mol. The van der Waals surface area contributed by atoms with Crippen molar-refractivity contribution in [1.29, 1.82) is 0 Å². The maximum absolute atomic E-state index is 12.1. The molecule has 7 heteroatoms. The molecule has 2 rings (SSSR count). The summed E-state index contributed by atoms with van der Waals surface area (Å²) < 4.78 is 1.16. The summed E-state index contributed by atoms with van der Waals surface area (Å²) in [7, 11) is 0. The number of carboxylic acids is 1. The first-order chi connectivity index (χ1) is 9.82. The van der Waals surface area contributed by atoms with E-state index in [4.69, 9.17) is 0 Å². The number of nitro benzene ring substituents is 1. The summed E-state index contributed by atoms with van der Waals surface area (Å²) in [6.07, 6.45) is 0. The lowest BCUT2D eigenvalue weighted by molar-refractivity contribution is -0.384. The van der Waals surface area contributed by atoms with Crippen LogP contribution in [0.4, 0.5) is 5.69 Å². The first-order valence-electron chi connectivity index (χ1n) is 6.04. The Balaban J connectivity index is 2.78. The fourth-order valence-electron chi connectivity index (χ4n) is 2.27. The molecule has 21 heavy (non-hydrogen) atoms. The molecule has 0 saturated heterocycles. The number of nitro groups is 1. The summed E-state index contributed by atoms with van der Waals surface area (Å²) in [5, 5.41) is 20.0. The minimum atomic E-state index is -1.15. The van der Waals surface area contributed by atoms with Gasteiger partial charge in [-0.15, -0.1) is 0 Å². The highest BCUT2D eigenvalue weighted by Gasteiger charge is 2.17. The Morgan fingerprint density at radius 1 is 1.29 bits per heavy atom. The Hall–Kier alpha value is -2.96. The predicted molar refractivity (Wildman–Crippen MR) is 75.1 cm³/mol. The molecule has 0 bridgehead atoms. The molecule has 0 atom stereocenters. The van der Waals surface area contributed by atoms with Gasteiger partial charge >= 0.3 is 5.97 Å². The Bertz CT molecular complexity index is 807. The molecule has 108 valence electrons. The summed E-state index contributed by atoms with van der Waals surface area (Å²) in [6, 6.07) is 6.70. The molecule has 0 spiro atoms. The zero-order valence-electron chi connectivity index (χ0n) is 11.4. The van der Waals surface area contributed by atoms with Crippen molar-refractivity contribution in [3.05, 3.63) is 67.6 Å². The molecular formula is C14H12N2O5. The second-order valence-electron chi connectivity index (χ2n) is 4.54. The second-order valence-corrected chi connectivity index (χ2v) is 4.54. The monoisotopic (exact) mass is 288 g/mol. The molecule has 1 N–H and O–H groups in total. The van der Waals surface area contributed by atoms with Crippen LogP contribution in [0.5, 0.6) is 0 Å². The minimum absolute atomic E-state index is 0.0149. The SMILES string of the molecule is Cc1cc(=O)n(-c2cccc([N+](=O)[O-])c2)c(C)c1C(=O)O. The number of aryl methyl sites for hydroxylation is 1. The Morgan fingerprint density at radius 3 is 2.52 bits per heavy atom. The fourth-order valence-corrected chi connectivity index (χ4v) is 2.27. The lowest BCUT2D eigenvalue weighted by Crippen LogP contribution is -2.24. The van der Waals surface area contributed by atoms with Crippen LogP contribution in [-0.4, -0.2) is 20.6 Å². The van der Waals surface area contributed by atoms with Crippen LogP contribution >= 0.6 is 0 Å². The van der Waals surface area contributed by atoms with Crippen molar-refractivity contribution in [2.75, 3.05) is 0 Å². The van der Waals surface area contributed by atoms with Gasteiger partial charge in [0.1, 0.15) is 0 Å². The number of pyridine rings is 1. The molecule has 7 nitrogen and oxygen atoms in total. The maximum atomic E-state index is 12.1. The van der Waals surface area contributed by atoms with Gasteiger partial charge in [0.15, 0.2) is 0 Å². The summed E-state index contributed by atoms with van der Waals surface area (Å²) in [5.74, 6) is -1.15. The Morgan fingerprint density at radius 2 is 1.95 bits per heavy atom. The number of hydrogen-bond acceptors (Lipinski definition) is 4. The fraction of sp³-hybridized carbons (Fsp3) is 0.143. The van der Waals surface area contributed by atoms with Gasteiger partial charge < -0.3 is 5.11 Å². The minimum Gasteiger partial charge on any atom is -0.478 e. The van der Waals surface area contributed by atoms with Gasteiger partial charge in [-0.05, 0) is 25.5 Å². The van der Waals surface area contributed by atoms with Crippen LogP contribution < -0.4 is 5.56 Å². The Labute approximate surface area is 119 Å². The average Bonchev–Trinajstić information content (AvgIpc) is 2.37. The van der Waals surface area contributed by atoms with Crippen LogP contribution in [0.15, 0.2) is 35.1 Å². The quantitative estimate of drug-likeness (QED) is 0.687. The average molecular weight is 288 g/mol. The summed E-state index contributed by atoms with van der Waals surface area (Å²) in [5.41, 5.74) is 0.252. The lowest BCUT2D eigenvalue weighted by atomic mass is 10.1. The second kappa shape index (κ2) is 5.20. The molecule has 0 aliphatic carbocycles. The van der Waals surface area contributed by atoms with Crippen LogP contribution in [0.1, 0.15) is 21.6 Å². The van der Waals surface area contributed by atoms with Crippen LogP contribution in [0.2, 0.25) is 0 Å². The van der Waals surface area contributed by atoms with Crippen molar-refractivity contribution in [2.24, 2.45) is 0 Å². The third kappa shape index (κ3) is 2.53. The predicted octanol–water partition coefficient (Wildman–Crippen LogP) is 2.06. The van der Waals surface area contributed by atoms with Crippen LogP contribution in [0, 0.1) is 24.0 Å². The highest BCUT2D eigenvalue weighted by molar-refractivity contribution is 5.90. The van der Waals surface area contributed by atoms with Crippen molar-refractivity contribution < 1.29 is 14.8 Å². The van der Waals surface area contributed by atoms with Crippen LogP contribution in [-0.2, 0) is 0 Å². The van der Waals surface area contributed by atoms with Crippen molar-refractivity contribution in [3.8, 4) is 5.69 Å². The normalized spacial score (nSPS) is 10.4. The Kier molecular flexibility index (Phi) is 3.58. The molecule has 1 aromatic carbocycles. The number of carbonyl (C=O) groups is 1. The van der Waals surface area contributed by atoms with Crippen molar-refractivity contribution in [2.45, 2.75) is 13.8 Å². The summed E-state index contributed by atoms with van der Waals surface area (Å²) in [6.45, 7) is 3.03. The molecule has 2 aromatic rings. The lowest BCUT2D eigenvalue weighted by Gasteiger charge is -2.13. The van der Waals surface area contributed by atoms with Gasteiger partial charge in [-0.25, -0.2) is 4.79 Å². The van der Waals surface area contributed by atoms with Gasteiger partial charge in [0.2, 0.25) is 0 Å². The van der Waals surface area contributed by atoms with Crippen molar-refractivity contribution in [1.82, 2.24) is 4.57 Å². The highest BCUT2D eigenvalue weighted by Crippen LogP contribution is 2.19. The largest absolute Gasteiger partial charge is 0.478 e. The number of non-ortho nitro benzene ring substituents is 1. The van der Waals surface area contributed by atoms with Gasteiger partial charge in [0.25, 0.3) is 11.2 Å². The number of rotatable bonds is 3. The van der Waals surface area contributed by atoms with Crippen molar-refractivity contribution >= 4 is 11.7 Å². The number of hydrogen-bond donors (Lipinski definition) is 1. The van der Waals surface area contributed by atoms with E-state index in [-0.39, 0.29) is 22.6 Å².